The van der Waals surface area contributed by atoms with Crippen LogP contribution in [0.1, 0.15) is 34.3 Å². The fourth-order valence-corrected chi connectivity index (χ4v) is 5.26. The van der Waals surface area contributed by atoms with E-state index in [-0.39, 0.29) is 41.3 Å². The number of para-hydroxylation sites is 1. The minimum Gasteiger partial charge on any atom is -0.361 e. The fourth-order valence-electron chi connectivity index (χ4n) is 4.69. The van der Waals surface area contributed by atoms with Gasteiger partial charge in [0.15, 0.2) is 0 Å². The topological polar surface area (TPSA) is 99.5 Å². The molecule has 0 radical (unpaired) electrons. The number of non-ortho nitro benzene ring substituents is 1. The van der Waals surface area contributed by atoms with Crippen molar-refractivity contribution < 1.29 is 14.5 Å². The van der Waals surface area contributed by atoms with Crippen LogP contribution >= 0.6 is 34.8 Å². The molecule has 2 amide bonds. The molecule has 206 valence electrons. The lowest BCUT2D eigenvalue weighted by atomic mass is 10.1. The fraction of sp³-hybridized carbons (Fsp3) is 0.241. The number of carbonyl (C=O) groups excluding carboxylic acids is 2. The molecule has 0 atom stereocenters. The number of nitrogens with zero attached hydrogens (tertiary/aromatic N) is 3. The van der Waals surface area contributed by atoms with Crippen molar-refractivity contribution in [2.45, 2.75) is 31.8 Å². The number of benzene rings is 3. The predicted molar refractivity (Wildman–Crippen MR) is 156 cm³/mol. The molecular formula is C29H25Cl3N4O4. The van der Waals surface area contributed by atoms with Gasteiger partial charge in [0.25, 0.3) is 11.6 Å². The van der Waals surface area contributed by atoms with E-state index in [9.17, 15) is 19.7 Å². The molecule has 0 unspecified atom stereocenters. The van der Waals surface area contributed by atoms with Crippen LogP contribution < -0.4 is 0 Å². The molecule has 3 aromatic carbocycles. The maximum Gasteiger partial charge on any atom is 0.270 e. The minimum atomic E-state index is -0.572. The van der Waals surface area contributed by atoms with Gasteiger partial charge in [-0.2, -0.15) is 0 Å². The molecule has 1 heterocycles. The summed E-state index contributed by atoms with van der Waals surface area (Å²) in [5.74, 6) is -0.661. The first-order valence-electron chi connectivity index (χ1n) is 12.7. The molecule has 0 aliphatic heterocycles. The minimum absolute atomic E-state index is 0.0238. The summed E-state index contributed by atoms with van der Waals surface area (Å²) >= 11 is 18.6. The third-order valence-electron chi connectivity index (χ3n) is 6.98. The van der Waals surface area contributed by atoms with E-state index >= 15 is 0 Å². The molecule has 4 aromatic rings. The summed E-state index contributed by atoms with van der Waals surface area (Å²) in [6, 6.07) is 16.9. The Hall–Kier alpha value is -3.59. The lowest BCUT2D eigenvalue weighted by molar-refractivity contribution is -0.384. The van der Waals surface area contributed by atoms with Crippen molar-refractivity contribution in [1.82, 2.24) is 14.8 Å². The maximum absolute atomic E-state index is 13.8. The molecule has 1 fully saturated rings. The molecule has 1 N–H and O–H groups in total. The lowest BCUT2D eigenvalue weighted by Gasteiger charge is -2.28. The third-order valence-corrected chi connectivity index (χ3v) is 8.04. The van der Waals surface area contributed by atoms with E-state index in [1.54, 1.807) is 17.0 Å². The number of nitro groups is 1. The van der Waals surface area contributed by atoms with Crippen LogP contribution in [0.5, 0.6) is 0 Å². The molecule has 0 saturated heterocycles. The van der Waals surface area contributed by atoms with E-state index in [0.717, 1.165) is 40.9 Å². The Balaban J connectivity index is 1.38. The highest BCUT2D eigenvalue weighted by Crippen LogP contribution is 2.31. The van der Waals surface area contributed by atoms with E-state index in [1.165, 1.54) is 17.0 Å². The van der Waals surface area contributed by atoms with E-state index in [0.29, 0.717) is 23.0 Å². The van der Waals surface area contributed by atoms with E-state index in [4.69, 9.17) is 34.8 Å². The SMILES string of the molecule is O=C(CN(C(=O)c1ccc([N+](=O)[O-])cc1Cl)C1CC1)N(CCc1c[nH]c2ccccc12)Cc1ccc(Cl)c(Cl)c1. The summed E-state index contributed by atoms with van der Waals surface area (Å²) in [6.45, 7) is 0.543. The van der Waals surface area contributed by atoms with Gasteiger partial charge in [-0.25, -0.2) is 0 Å². The highest BCUT2D eigenvalue weighted by Gasteiger charge is 2.36. The van der Waals surface area contributed by atoms with Crippen LogP contribution in [0.2, 0.25) is 15.1 Å². The van der Waals surface area contributed by atoms with Crippen LogP contribution in [0.25, 0.3) is 10.9 Å². The number of amides is 2. The number of nitrogens with one attached hydrogen (secondary N) is 1. The Labute approximate surface area is 245 Å². The molecule has 11 heteroatoms. The first-order valence-corrected chi connectivity index (χ1v) is 13.9. The summed E-state index contributed by atoms with van der Waals surface area (Å²) in [5.41, 5.74) is 2.83. The van der Waals surface area contributed by atoms with Crippen molar-refractivity contribution in [2.75, 3.05) is 13.1 Å². The van der Waals surface area contributed by atoms with Crippen LogP contribution in [-0.4, -0.2) is 50.7 Å². The van der Waals surface area contributed by atoms with Crippen molar-refractivity contribution >= 4 is 63.2 Å². The van der Waals surface area contributed by atoms with E-state index < -0.39 is 10.8 Å². The summed E-state index contributed by atoms with van der Waals surface area (Å²) in [4.78, 5) is 44.3. The Morgan fingerprint density at radius 1 is 0.975 bits per heavy atom. The molecule has 1 aliphatic rings. The van der Waals surface area contributed by atoms with Gasteiger partial charge in [0.05, 0.1) is 25.6 Å². The van der Waals surface area contributed by atoms with Gasteiger partial charge >= 0.3 is 0 Å². The second kappa shape index (κ2) is 11.9. The van der Waals surface area contributed by atoms with Crippen molar-refractivity contribution in [3.05, 3.63) is 109 Å². The molecule has 1 saturated carbocycles. The number of rotatable bonds is 10. The van der Waals surface area contributed by atoms with Crippen LogP contribution in [0, 0.1) is 10.1 Å². The normalized spacial score (nSPS) is 12.9. The average Bonchev–Trinajstić information content (AvgIpc) is 3.70. The predicted octanol–water partition coefficient (Wildman–Crippen LogP) is 6.91. The lowest BCUT2D eigenvalue weighted by Crippen LogP contribution is -2.44. The summed E-state index contributed by atoms with van der Waals surface area (Å²) in [6.07, 6.45) is 4.09. The number of aromatic nitrogens is 1. The zero-order chi connectivity index (χ0) is 28.4. The zero-order valence-corrected chi connectivity index (χ0v) is 23.5. The Bertz CT molecular complexity index is 1600. The molecule has 8 nitrogen and oxygen atoms in total. The quantitative estimate of drug-likeness (QED) is 0.158. The van der Waals surface area contributed by atoms with Gasteiger partial charge in [-0.1, -0.05) is 59.1 Å². The number of hydrogen-bond donors (Lipinski definition) is 1. The van der Waals surface area contributed by atoms with Gasteiger partial charge in [-0.3, -0.25) is 19.7 Å². The van der Waals surface area contributed by atoms with Crippen LogP contribution in [-0.2, 0) is 17.8 Å². The Morgan fingerprint density at radius 3 is 2.45 bits per heavy atom. The smallest absolute Gasteiger partial charge is 0.270 e. The van der Waals surface area contributed by atoms with Crippen LogP contribution in [0.15, 0.2) is 66.9 Å². The summed E-state index contributed by atoms with van der Waals surface area (Å²) < 4.78 is 0. The number of halogens is 3. The van der Waals surface area contributed by atoms with Gasteiger partial charge in [0.2, 0.25) is 5.91 Å². The van der Waals surface area contributed by atoms with E-state index in [2.05, 4.69) is 4.98 Å². The molecule has 1 aliphatic carbocycles. The number of H-pyrrole nitrogens is 1. The Kier molecular flexibility index (Phi) is 8.30. The summed E-state index contributed by atoms with van der Waals surface area (Å²) in [7, 11) is 0. The number of aromatic amines is 1. The number of hydrogen-bond acceptors (Lipinski definition) is 4. The molecule has 0 bridgehead atoms. The van der Waals surface area contributed by atoms with Crippen LogP contribution in [0.3, 0.4) is 0 Å². The largest absolute Gasteiger partial charge is 0.361 e. The molecule has 40 heavy (non-hydrogen) atoms. The van der Waals surface area contributed by atoms with Crippen molar-refractivity contribution in [3.63, 3.8) is 0 Å². The molecule has 1 aromatic heterocycles. The number of carbonyl (C=O) groups is 2. The Morgan fingerprint density at radius 2 is 1.75 bits per heavy atom. The second-order valence-corrected chi connectivity index (χ2v) is 11.0. The van der Waals surface area contributed by atoms with Crippen LogP contribution in [0.4, 0.5) is 5.69 Å². The molecule has 0 spiro atoms. The number of nitro benzene ring substituents is 1. The summed E-state index contributed by atoms with van der Waals surface area (Å²) in [5, 5.41) is 13.0. The standard InChI is InChI=1S/C29H25Cl3N4O4/c30-24-10-5-18(13-26(24)32)16-34(12-11-19-15-33-27-4-2-1-3-22(19)27)28(37)17-35(20-6-7-20)29(38)23-9-8-21(36(39)40)14-25(23)31/h1-5,8-10,13-15,20,33H,6-7,11-12,16-17H2. The van der Waals surface area contributed by atoms with Gasteiger partial charge in [0.1, 0.15) is 6.54 Å². The first kappa shape index (κ1) is 28.0. The van der Waals surface area contributed by atoms with Crippen molar-refractivity contribution in [1.29, 1.82) is 0 Å². The monoisotopic (exact) mass is 598 g/mol. The highest BCUT2D eigenvalue weighted by atomic mass is 35.5. The van der Waals surface area contributed by atoms with Gasteiger partial charge < -0.3 is 14.8 Å². The first-order chi connectivity index (χ1) is 19.2. The van der Waals surface area contributed by atoms with Gasteiger partial charge in [-0.15, -0.1) is 0 Å². The average molecular weight is 600 g/mol. The van der Waals surface area contributed by atoms with Crippen molar-refractivity contribution in [3.8, 4) is 0 Å². The zero-order valence-electron chi connectivity index (χ0n) is 21.3. The molecular weight excluding hydrogens is 575 g/mol. The highest BCUT2D eigenvalue weighted by molar-refractivity contribution is 6.42. The third kappa shape index (κ3) is 6.25. The molecule has 5 rings (SSSR count). The van der Waals surface area contributed by atoms with Gasteiger partial charge in [-0.05, 0) is 54.7 Å². The van der Waals surface area contributed by atoms with E-state index in [1.807, 2.05) is 36.5 Å². The number of fused-ring (bicyclic) bond motifs is 1. The van der Waals surface area contributed by atoms with Gasteiger partial charge in [0, 0.05) is 48.4 Å². The maximum atomic E-state index is 13.8. The second-order valence-electron chi connectivity index (χ2n) is 9.76. The van der Waals surface area contributed by atoms with Crippen molar-refractivity contribution in [2.24, 2.45) is 0 Å².